The zero-order valence-corrected chi connectivity index (χ0v) is 9.43. The molecule has 3 nitrogen and oxygen atoms in total. The number of aliphatic hydroxyl groups is 2. The Morgan fingerprint density at radius 1 is 0.882 bits per heavy atom. The van der Waals surface area contributed by atoms with Crippen molar-refractivity contribution < 1.29 is 10.2 Å². The third-order valence-electron chi connectivity index (χ3n) is 2.58. The highest BCUT2D eigenvalue weighted by Crippen LogP contribution is 2.21. The Hall–Kier alpha value is -1.84. The average molecular weight is 229 g/mol. The second-order valence-electron chi connectivity index (χ2n) is 3.80. The van der Waals surface area contributed by atoms with Gasteiger partial charge in [0.15, 0.2) is 0 Å². The number of nitrogens with one attached hydrogen (secondary N) is 1. The van der Waals surface area contributed by atoms with Crippen molar-refractivity contribution in [2.45, 2.75) is 13.2 Å². The highest BCUT2D eigenvalue weighted by atomic mass is 16.3. The second kappa shape index (κ2) is 5.48. The van der Waals surface area contributed by atoms with Gasteiger partial charge < -0.3 is 15.5 Å². The van der Waals surface area contributed by atoms with Crippen LogP contribution in [-0.2, 0) is 13.2 Å². The Morgan fingerprint density at radius 2 is 1.71 bits per heavy atom. The molecule has 88 valence electrons. The van der Waals surface area contributed by atoms with Crippen molar-refractivity contribution >= 4 is 11.4 Å². The van der Waals surface area contributed by atoms with Gasteiger partial charge in [0, 0.05) is 16.9 Å². The van der Waals surface area contributed by atoms with E-state index in [0.717, 1.165) is 22.5 Å². The summed E-state index contributed by atoms with van der Waals surface area (Å²) >= 11 is 0. The maximum atomic E-state index is 9.22. The monoisotopic (exact) mass is 229 g/mol. The fourth-order valence-corrected chi connectivity index (χ4v) is 1.68. The molecule has 0 spiro atoms. The first-order valence-electron chi connectivity index (χ1n) is 5.49. The topological polar surface area (TPSA) is 52.5 Å². The Balaban J connectivity index is 2.24. The summed E-state index contributed by atoms with van der Waals surface area (Å²) in [5, 5.41) is 21.5. The Labute approximate surface area is 100 Å². The molecule has 0 radical (unpaired) electrons. The minimum absolute atomic E-state index is 0.00284. The predicted octanol–water partition coefficient (Wildman–Crippen LogP) is 2.41. The number of anilines is 2. The van der Waals surface area contributed by atoms with Crippen LogP contribution in [0.1, 0.15) is 11.1 Å². The van der Waals surface area contributed by atoms with Gasteiger partial charge in [0.25, 0.3) is 0 Å². The van der Waals surface area contributed by atoms with Gasteiger partial charge in [-0.15, -0.1) is 0 Å². The van der Waals surface area contributed by atoms with Gasteiger partial charge in [-0.3, -0.25) is 0 Å². The molecule has 0 bridgehead atoms. The number of hydrogen-bond donors (Lipinski definition) is 3. The maximum absolute atomic E-state index is 9.22. The van der Waals surface area contributed by atoms with Crippen LogP contribution in [0.5, 0.6) is 0 Å². The molecule has 0 unspecified atom stereocenters. The van der Waals surface area contributed by atoms with Crippen molar-refractivity contribution in [1.29, 1.82) is 0 Å². The van der Waals surface area contributed by atoms with Crippen molar-refractivity contribution in [2.24, 2.45) is 0 Å². The average Bonchev–Trinajstić information content (AvgIpc) is 2.39. The summed E-state index contributed by atoms with van der Waals surface area (Å²) in [6, 6.07) is 15.1. The lowest BCUT2D eigenvalue weighted by molar-refractivity contribution is 0.281. The van der Waals surface area contributed by atoms with Gasteiger partial charge >= 0.3 is 0 Å². The van der Waals surface area contributed by atoms with Crippen LogP contribution in [0.2, 0.25) is 0 Å². The Kier molecular flexibility index (Phi) is 3.75. The predicted molar refractivity (Wildman–Crippen MR) is 68.0 cm³/mol. The lowest BCUT2D eigenvalue weighted by Gasteiger charge is -2.11. The van der Waals surface area contributed by atoms with Gasteiger partial charge in [0.05, 0.1) is 13.2 Å². The van der Waals surface area contributed by atoms with E-state index in [1.807, 2.05) is 48.5 Å². The van der Waals surface area contributed by atoms with Gasteiger partial charge in [-0.25, -0.2) is 0 Å². The molecule has 0 fully saturated rings. The van der Waals surface area contributed by atoms with Crippen molar-refractivity contribution in [3.63, 3.8) is 0 Å². The summed E-state index contributed by atoms with van der Waals surface area (Å²) < 4.78 is 0. The minimum atomic E-state index is 0.00284. The number of rotatable bonds is 4. The Morgan fingerprint density at radius 3 is 2.47 bits per heavy atom. The molecule has 0 saturated heterocycles. The summed E-state index contributed by atoms with van der Waals surface area (Å²) in [6.45, 7) is 0.0278. The molecule has 3 heteroatoms. The van der Waals surface area contributed by atoms with Crippen LogP contribution in [0.3, 0.4) is 0 Å². The summed E-state index contributed by atoms with van der Waals surface area (Å²) in [5.74, 6) is 0. The summed E-state index contributed by atoms with van der Waals surface area (Å²) in [6.07, 6.45) is 0. The Bertz CT molecular complexity index is 497. The molecule has 0 aliphatic rings. The third kappa shape index (κ3) is 2.84. The zero-order chi connectivity index (χ0) is 12.1. The van der Waals surface area contributed by atoms with Crippen LogP contribution >= 0.6 is 0 Å². The van der Waals surface area contributed by atoms with Crippen molar-refractivity contribution in [3.05, 3.63) is 59.7 Å². The smallest absolute Gasteiger partial charge is 0.0702 e. The van der Waals surface area contributed by atoms with E-state index < -0.39 is 0 Å². The first-order chi connectivity index (χ1) is 8.33. The highest BCUT2D eigenvalue weighted by Gasteiger charge is 2.01. The first-order valence-corrected chi connectivity index (χ1v) is 5.49. The summed E-state index contributed by atoms with van der Waals surface area (Å²) in [5.41, 5.74) is 3.49. The molecule has 0 saturated carbocycles. The lowest BCUT2D eigenvalue weighted by Crippen LogP contribution is -1.96. The molecule has 17 heavy (non-hydrogen) atoms. The fraction of sp³-hybridized carbons (Fsp3) is 0.143. The SMILES string of the molecule is OCc1cccc(Nc2ccccc2CO)c1. The number of hydrogen-bond acceptors (Lipinski definition) is 3. The normalized spacial score (nSPS) is 10.2. The van der Waals surface area contributed by atoms with E-state index in [1.54, 1.807) is 0 Å². The van der Waals surface area contributed by atoms with Crippen LogP contribution < -0.4 is 5.32 Å². The van der Waals surface area contributed by atoms with Gasteiger partial charge in [-0.05, 0) is 23.8 Å². The van der Waals surface area contributed by atoms with Crippen molar-refractivity contribution in [1.82, 2.24) is 0 Å². The van der Waals surface area contributed by atoms with Crippen LogP contribution in [0.15, 0.2) is 48.5 Å². The van der Waals surface area contributed by atoms with Crippen LogP contribution in [0.4, 0.5) is 11.4 Å². The van der Waals surface area contributed by atoms with E-state index in [0.29, 0.717) is 0 Å². The minimum Gasteiger partial charge on any atom is -0.392 e. The van der Waals surface area contributed by atoms with Crippen molar-refractivity contribution in [2.75, 3.05) is 5.32 Å². The fourth-order valence-electron chi connectivity index (χ4n) is 1.68. The van der Waals surface area contributed by atoms with Gasteiger partial charge in [-0.1, -0.05) is 30.3 Å². The molecule has 0 aliphatic carbocycles. The number of para-hydroxylation sites is 1. The molecule has 0 amide bonds. The maximum Gasteiger partial charge on any atom is 0.0702 e. The van der Waals surface area contributed by atoms with Gasteiger partial charge in [0.2, 0.25) is 0 Å². The van der Waals surface area contributed by atoms with Crippen LogP contribution in [-0.4, -0.2) is 10.2 Å². The molecule has 3 N–H and O–H groups in total. The van der Waals surface area contributed by atoms with E-state index in [-0.39, 0.29) is 13.2 Å². The van der Waals surface area contributed by atoms with E-state index in [9.17, 15) is 5.11 Å². The molecule has 2 aromatic carbocycles. The third-order valence-corrected chi connectivity index (χ3v) is 2.58. The molecule has 0 aliphatic heterocycles. The molecule has 0 aromatic heterocycles. The molecule has 2 aromatic rings. The number of benzene rings is 2. The quantitative estimate of drug-likeness (QED) is 0.754. The van der Waals surface area contributed by atoms with E-state index in [4.69, 9.17) is 5.11 Å². The zero-order valence-electron chi connectivity index (χ0n) is 9.43. The molecule has 0 atom stereocenters. The summed E-state index contributed by atoms with van der Waals surface area (Å²) in [7, 11) is 0. The van der Waals surface area contributed by atoms with Gasteiger partial charge in [-0.2, -0.15) is 0 Å². The van der Waals surface area contributed by atoms with Crippen LogP contribution in [0, 0.1) is 0 Å². The largest absolute Gasteiger partial charge is 0.392 e. The molecule has 2 rings (SSSR count). The number of aliphatic hydroxyl groups excluding tert-OH is 2. The first kappa shape index (κ1) is 11.6. The summed E-state index contributed by atoms with van der Waals surface area (Å²) in [4.78, 5) is 0. The molecular formula is C14H15NO2. The standard InChI is InChI=1S/C14H15NO2/c16-9-11-4-3-6-13(8-11)15-14-7-2-1-5-12(14)10-17/h1-8,15-17H,9-10H2. The lowest BCUT2D eigenvalue weighted by atomic mass is 10.1. The van der Waals surface area contributed by atoms with E-state index in [1.165, 1.54) is 0 Å². The molecular weight excluding hydrogens is 214 g/mol. The van der Waals surface area contributed by atoms with Crippen LogP contribution in [0.25, 0.3) is 0 Å². The van der Waals surface area contributed by atoms with Crippen molar-refractivity contribution in [3.8, 4) is 0 Å². The van der Waals surface area contributed by atoms with Gasteiger partial charge in [0.1, 0.15) is 0 Å². The molecule has 0 heterocycles. The highest BCUT2D eigenvalue weighted by molar-refractivity contribution is 5.63. The van der Waals surface area contributed by atoms with E-state index in [2.05, 4.69) is 5.32 Å². The van der Waals surface area contributed by atoms with E-state index >= 15 is 0 Å². The second-order valence-corrected chi connectivity index (χ2v) is 3.80.